The molecule has 144 valence electrons. The molecule has 0 bridgehead atoms. The number of benzene rings is 1. The zero-order valence-corrected chi connectivity index (χ0v) is 16.1. The molecule has 3 rings (SSSR count). The van der Waals surface area contributed by atoms with Gasteiger partial charge in [-0.2, -0.15) is 0 Å². The van der Waals surface area contributed by atoms with Crippen LogP contribution >= 0.6 is 0 Å². The minimum Gasteiger partial charge on any atom is -0.369 e. The van der Waals surface area contributed by atoms with Crippen molar-refractivity contribution in [2.45, 2.75) is 30.9 Å². The van der Waals surface area contributed by atoms with Crippen LogP contribution in [0.5, 0.6) is 0 Å². The van der Waals surface area contributed by atoms with Crippen LogP contribution in [0.4, 0.5) is 11.4 Å². The normalized spacial score (nSPS) is 19.7. The van der Waals surface area contributed by atoms with Gasteiger partial charge in [-0.3, -0.25) is 4.79 Å². The molecule has 1 aliphatic carbocycles. The van der Waals surface area contributed by atoms with Gasteiger partial charge in [0, 0.05) is 37.6 Å². The first-order valence-corrected chi connectivity index (χ1v) is 10.8. The van der Waals surface area contributed by atoms with E-state index in [-0.39, 0.29) is 17.7 Å². The van der Waals surface area contributed by atoms with E-state index in [1.165, 1.54) is 0 Å². The Balaban J connectivity index is 1.48. The summed E-state index contributed by atoms with van der Waals surface area (Å²) in [5.74, 6) is -0.348. The first-order chi connectivity index (χ1) is 12.4. The van der Waals surface area contributed by atoms with E-state index in [0.717, 1.165) is 44.7 Å². The summed E-state index contributed by atoms with van der Waals surface area (Å²) in [6, 6.07) is 7.70. The van der Waals surface area contributed by atoms with Crippen LogP contribution in [0.2, 0.25) is 0 Å². The van der Waals surface area contributed by atoms with Gasteiger partial charge in [0.2, 0.25) is 15.9 Å². The lowest BCUT2D eigenvalue weighted by Crippen LogP contribution is -2.44. The number of sulfonamides is 1. The minimum absolute atomic E-state index is 0.223. The number of likely N-dealkylation sites (N-methyl/N-ethyl adjacent to an activating group) is 1. The molecule has 26 heavy (non-hydrogen) atoms. The number of hydrogen-bond donors (Lipinski definition) is 2. The van der Waals surface area contributed by atoms with Crippen LogP contribution in [0.15, 0.2) is 24.3 Å². The van der Waals surface area contributed by atoms with Crippen LogP contribution in [0, 0.1) is 0 Å². The van der Waals surface area contributed by atoms with Gasteiger partial charge in [-0.05, 0) is 44.2 Å². The molecule has 2 N–H and O–H groups in total. The Morgan fingerprint density at radius 3 is 2.31 bits per heavy atom. The molecule has 8 heteroatoms. The number of nitrogens with one attached hydrogen (secondary N) is 2. The summed E-state index contributed by atoms with van der Waals surface area (Å²) in [5, 5.41) is 2.40. The van der Waals surface area contributed by atoms with Gasteiger partial charge < -0.3 is 15.1 Å². The Morgan fingerprint density at radius 2 is 1.69 bits per heavy atom. The number of piperazine rings is 1. The molecule has 1 amide bonds. The van der Waals surface area contributed by atoms with Crippen molar-refractivity contribution < 1.29 is 13.2 Å². The zero-order chi connectivity index (χ0) is 18.6. The molecule has 1 aromatic carbocycles. The Kier molecular flexibility index (Phi) is 6.16. The first kappa shape index (κ1) is 19.1. The summed E-state index contributed by atoms with van der Waals surface area (Å²) in [7, 11) is -1.27. The minimum atomic E-state index is -3.39. The predicted molar refractivity (Wildman–Crippen MR) is 104 cm³/mol. The maximum Gasteiger partial charge on any atom is 0.239 e. The Morgan fingerprint density at radius 1 is 1.08 bits per heavy atom. The van der Waals surface area contributed by atoms with E-state index in [1.54, 1.807) is 0 Å². The molecule has 0 unspecified atom stereocenters. The van der Waals surface area contributed by atoms with E-state index in [9.17, 15) is 13.2 Å². The molecule has 2 fully saturated rings. The van der Waals surface area contributed by atoms with Crippen molar-refractivity contribution in [3.05, 3.63) is 24.3 Å². The van der Waals surface area contributed by atoms with E-state index < -0.39 is 10.0 Å². The summed E-state index contributed by atoms with van der Waals surface area (Å²) in [4.78, 5) is 16.7. The molecule has 7 nitrogen and oxygen atoms in total. The van der Waals surface area contributed by atoms with Crippen molar-refractivity contribution in [3.63, 3.8) is 0 Å². The maximum atomic E-state index is 12.1. The fraction of sp³-hybridized carbons (Fsp3) is 0.611. The summed E-state index contributed by atoms with van der Waals surface area (Å²) in [5.41, 5.74) is 1.81. The van der Waals surface area contributed by atoms with Crippen LogP contribution in [0.25, 0.3) is 0 Å². The molecule has 0 spiro atoms. The second-order valence-electron chi connectivity index (χ2n) is 7.16. The van der Waals surface area contributed by atoms with E-state index in [0.29, 0.717) is 18.5 Å². The molecule has 1 heterocycles. The Bertz CT molecular complexity index is 706. The number of carbonyl (C=O) groups excluding carboxylic acids is 1. The SMILES string of the molecule is CN1CCN(c2ccc(NC(=O)CNS(=O)(=O)C3CCCC3)cc2)CC1. The number of amides is 1. The van der Waals surface area contributed by atoms with E-state index in [1.807, 2.05) is 24.3 Å². The van der Waals surface area contributed by atoms with Crippen LogP contribution in [0.1, 0.15) is 25.7 Å². The van der Waals surface area contributed by atoms with Gasteiger partial charge in [0.05, 0.1) is 11.8 Å². The first-order valence-electron chi connectivity index (χ1n) is 9.26. The maximum absolute atomic E-state index is 12.1. The molecule has 0 atom stereocenters. The average molecular weight is 381 g/mol. The van der Waals surface area contributed by atoms with Crippen LogP contribution < -0.4 is 14.9 Å². The fourth-order valence-corrected chi connectivity index (χ4v) is 5.03. The molecule has 1 saturated carbocycles. The van der Waals surface area contributed by atoms with Gasteiger partial charge in [0.1, 0.15) is 0 Å². The number of nitrogens with zero attached hydrogens (tertiary/aromatic N) is 2. The highest BCUT2D eigenvalue weighted by atomic mass is 32.2. The van der Waals surface area contributed by atoms with E-state index in [2.05, 4.69) is 26.9 Å². The number of rotatable bonds is 6. The van der Waals surface area contributed by atoms with E-state index in [4.69, 9.17) is 0 Å². The monoisotopic (exact) mass is 380 g/mol. The van der Waals surface area contributed by atoms with Gasteiger partial charge >= 0.3 is 0 Å². The topological polar surface area (TPSA) is 81.8 Å². The highest BCUT2D eigenvalue weighted by Gasteiger charge is 2.28. The van der Waals surface area contributed by atoms with Crippen molar-refractivity contribution in [1.82, 2.24) is 9.62 Å². The van der Waals surface area contributed by atoms with Crippen molar-refractivity contribution in [2.75, 3.05) is 50.0 Å². The molecule has 1 aromatic rings. The summed E-state index contributed by atoms with van der Waals surface area (Å²) < 4.78 is 26.7. The fourth-order valence-electron chi connectivity index (χ4n) is 3.51. The summed E-state index contributed by atoms with van der Waals surface area (Å²) in [6.45, 7) is 3.84. The number of carbonyl (C=O) groups is 1. The van der Waals surface area contributed by atoms with Crippen molar-refractivity contribution in [1.29, 1.82) is 0 Å². The van der Waals surface area contributed by atoms with Gasteiger partial charge in [0.25, 0.3) is 0 Å². The quantitative estimate of drug-likeness (QED) is 0.776. The van der Waals surface area contributed by atoms with Crippen molar-refractivity contribution >= 4 is 27.3 Å². The third-order valence-corrected chi connectivity index (χ3v) is 7.09. The molecular weight excluding hydrogens is 352 g/mol. The standard InChI is InChI=1S/C18H28N4O3S/c1-21-10-12-22(13-11-21)16-8-6-15(7-9-16)20-18(23)14-19-26(24,25)17-4-2-3-5-17/h6-9,17,19H,2-5,10-14H2,1H3,(H,20,23). The Hall–Kier alpha value is -1.64. The predicted octanol–water partition coefficient (Wildman–Crippen LogP) is 1.24. The lowest BCUT2D eigenvalue weighted by Gasteiger charge is -2.34. The second-order valence-corrected chi connectivity index (χ2v) is 9.20. The molecule has 1 aliphatic heterocycles. The molecule has 2 aliphatic rings. The zero-order valence-electron chi connectivity index (χ0n) is 15.3. The van der Waals surface area contributed by atoms with Gasteiger partial charge in [-0.25, -0.2) is 13.1 Å². The third kappa shape index (κ3) is 4.96. The summed E-state index contributed by atoms with van der Waals surface area (Å²) >= 11 is 0. The molecule has 0 aromatic heterocycles. The van der Waals surface area contributed by atoms with Crippen LogP contribution in [-0.2, 0) is 14.8 Å². The third-order valence-electron chi connectivity index (χ3n) is 5.19. The van der Waals surface area contributed by atoms with Gasteiger partial charge in [0.15, 0.2) is 0 Å². The highest BCUT2D eigenvalue weighted by molar-refractivity contribution is 7.90. The lowest BCUT2D eigenvalue weighted by molar-refractivity contribution is -0.115. The van der Waals surface area contributed by atoms with Crippen molar-refractivity contribution in [2.24, 2.45) is 0 Å². The highest BCUT2D eigenvalue weighted by Crippen LogP contribution is 2.24. The van der Waals surface area contributed by atoms with Crippen LogP contribution in [0.3, 0.4) is 0 Å². The van der Waals surface area contributed by atoms with Gasteiger partial charge in [-0.15, -0.1) is 0 Å². The smallest absolute Gasteiger partial charge is 0.239 e. The lowest BCUT2D eigenvalue weighted by atomic mass is 10.2. The van der Waals surface area contributed by atoms with Crippen LogP contribution in [-0.4, -0.2) is 64.2 Å². The molecular formula is C18H28N4O3S. The molecule has 1 saturated heterocycles. The second kappa shape index (κ2) is 8.37. The van der Waals surface area contributed by atoms with E-state index >= 15 is 0 Å². The Labute approximate surface area is 155 Å². The largest absolute Gasteiger partial charge is 0.369 e. The summed E-state index contributed by atoms with van der Waals surface area (Å²) in [6.07, 6.45) is 3.25. The van der Waals surface area contributed by atoms with Gasteiger partial charge in [-0.1, -0.05) is 12.8 Å². The number of anilines is 2. The molecule has 0 radical (unpaired) electrons. The number of hydrogen-bond acceptors (Lipinski definition) is 5. The van der Waals surface area contributed by atoms with Crippen molar-refractivity contribution in [3.8, 4) is 0 Å². The average Bonchev–Trinajstić information content (AvgIpc) is 3.17.